The summed E-state index contributed by atoms with van der Waals surface area (Å²) in [6.07, 6.45) is 0.766. The summed E-state index contributed by atoms with van der Waals surface area (Å²) in [7, 11) is 1.67. The summed E-state index contributed by atoms with van der Waals surface area (Å²) < 4.78 is 4.94. The van der Waals surface area contributed by atoms with Crippen molar-refractivity contribution in [3.8, 4) is 0 Å². The minimum absolute atomic E-state index is 0.223. The fraction of sp³-hybridized carbons (Fsp3) is 1.00. The number of rotatable bonds is 6. The minimum atomic E-state index is 0.223. The monoisotopic (exact) mass is 147 g/mol. The van der Waals surface area contributed by atoms with Crippen LogP contribution in [0.4, 0.5) is 0 Å². The topological polar surface area (TPSA) is 41.5 Å². The van der Waals surface area contributed by atoms with E-state index in [1.807, 2.05) is 6.92 Å². The normalized spacial score (nSPS) is 13.5. The van der Waals surface area contributed by atoms with Gasteiger partial charge in [0.1, 0.15) is 0 Å². The number of aliphatic hydroxyl groups excluding tert-OH is 1. The molecule has 0 aromatic carbocycles. The zero-order chi connectivity index (χ0) is 7.82. The first kappa shape index (κ1) is 9.88. The SMILES string of the molecule is CCNC(CCO)COC. The molecule has 1 unspecified atom stereocenters. The number of methoxy groups -OCH3 is 1. The van der Waals surface area contributed by atoms with Crippen LogP contribution in [0.5, 0.6) is 0 Å². The Hall–Kier alpha value is -0.120. The Morgan fingerprint density at radius 1 is 1.60 bits per heavy atom. The third-order valence-corrected chi connectivity index (χ3v) is 1.34. The molecule has 0 fully saturated rings. The standard InChI is InChI=1S/C7H17NO2/c1-3-8-7(4-5-9)6-10-2/h7-9H,3-6H2,1-2H3. The molecule has 3 nitrogen and oxygen atoms in total. The van der Waals surface area contributed by atoms with Crippen LogP contribution >= 0.6 is 0 Å². The van der Waals surface area contributed by atoms with Crippen LogP contribution in [0.15, 0.2) is 0 Å². The Kier molecular flexibility index (Phi) is 6.91. The fourth-order valence-corrected chi connectivity index (χ4v) is 0.890. The fourth-order valence-electron chi connectivity index (χ4n) is 0.890. The second-order valence-corrected chi connectivity index (χ2v) is 2.22. The Balaban J connectivity index is 3.30. The molecule has 0 saturated carbocycles. The minimum Gasteiger partial charge on any atom is -0.396 e. The molecule has 0 spiro atoms. The van der Waals surface area contributed by atoms with Gasteiger partial charge >= 0.3 is 0 Å². The Morgan fingerprint density at radius 3 is 2.70 bits per heavy atom. The van der Waals surface area contributed by atoms with Crippen molar-refractivity contribution < 1.29 is 9.84 Å². The molecule has 10 heavy (non-hydrogen) atoms. The van der Waals surface area contributed by atoms with E-state index in [9.17, 15) is 0 Å². The lowest BCUT2D eigenvalue weighted by atomic mass is 10.2. The Bertz CT molecular complexity index is 54.4. The lowest BCUT2D eigenvalue weighted by Gasteiger charge is -2.14. The van der Waals surface area contributed by atoms with E-state index in [2.05, 4.69) is 5.32 Å². The van der Waals surface area contributed by atoms with Gasteiger partial charge in [-0.05, 0) is 13.0 Å². The van der Waals surface area contributed by atoms with Crippen molar-refractivity contribution in [3.05, 3.63) is 0 Å². The molecule has 0 aromatic rings. The van der Waals surface area contributed by atoms with Crippen LogP contribution in [-0.2, 0) is 4.74 Å². The van der Waals surface area contributed by atoms with Gasteiger partial charge in [-0.3, -0.25) is 0 Å². The third kappa shape index (κ3) is 4.73. The first-order valence-electron chi connectivity index (χ1n) is 3.68. The van der Waals surface area contributed by atoms with Gasteiger partial charge in [0.05, 0.1) is 6.61 Å². The molecular formula is C7H17NO2. The van der Waals surface area contributed by atoms with Crippen LogP contribution in [0, 0.1) is 0 Å². The molecule has 0 bridgehead atoms. The number of aliphatic hydroxyl groups is 1. The number of hydrogen-bond acceptors (Lipinski definition) is 3. The van der Waals surface area contributed by atoms with Gasteiger partial charge in [-0.25, -0.2) is 0 Å². The highest BCUT2D eigenvalue weighted by molar-refractivity contribution is 4.63. The van der Waals surface area contributed by atoms with Crippen molar-refractivity contribution in [2.75, 3.05) is 26.9 Å². The first-order chi connectivity index (χ1) is 4.85. The predicted molar refractivity (Wildman–Crippen MR) is 41.0 cm³/mol. The van der Waals surface area contributed by atoms with Gasteiger partial charge in [0, 0.05) is 19.8 Å². The molecule has 1 atom stereocenters. The quantitative estimate of drug-likeness (QED) is 0.555. The van der Waals surface area contributed by atoms with E-state index < -0.39 is 0 Å². The number of hydrogen-bond donors (Lipinski definition) is 2. The molecule has 0 aliphatic carbocycles. The van der Waals surface area contributed by atoms with Gasteiger partial charge in [-0.15, -0.1) is 0 Å². The summed E-state index contributed by atoms with van der Waals surface area (Å²) in [4.78, 5) is 0. The highest BCUT2D eigenvalue weighted by atomic mass is 16.5. The third-order valence-electron chi connectivity index (χ3n) is 1.34. The van der Waals surface area contributed by atoms with Crippen LogP contribution in [-0.4, -0.2) is 38.0 Å². The van der Waals surface area contributed by atoms with E-state index in [1.165, 1.54) is 0 Å². The number of likely N-dealkylation sites (N-methyl/N-ethyl adjacent to an activating group) is 1. The summed E-state index contributed by atoms with van der Waals surface area (Å²) in [6, 6.07) is 0.306. The smallest absolute Gasteiger partial charge is 0.0616 e. The molecule has 0 heterocycles. The summed E-state index contributed by atoms with van der Waals surface area (Å²) in [5.41, 5.74) is 0. The van der Waals surface area contributed by atoms with Crippen molar-refractivity contribution in [1.29, 1.82) is 0 Å². The summed E-state index contributed by atoms with van der Waals surface area (Å²) in [5.74, 6) is 0. The van der Waals surface area contributed by atoms with Gasteiger partial charge in [-0.2, -0.15) is 0 Å². The molecule has 0 aromatic heterocycles. The van der Waals surface area contributed by atoms with E-state index >= 15 is 0 Å². The van der Waals surface area contributed by atoms with Gasteiger partial charge in [0.25, 0.3) is 0 Å². The van der Waals surface area contributed by atoms with Crippen molar-refractivity contribution >= 4 is 0 Å². The highest BCUT2D eigenvalue weighted by Crippen LogP contribution is 1.90. The molecule has 62 valence electrons. The predicted octanol–water partition coefficient (Wildman–Crippen LogP) is -0.00670. The van der Waals surface area contributed by atoms with E-state index in [0.717, 1.165) is 13.0 Å². The van der Waals surface area contributed by atoms with Crippen LogP contribution < -0.4 is 5.32 Å². The molecule has 3 heteroatoms. The second kappa shape index (κ2) is 6.99. The maximum absolute atomic E-state index is 8.59. The van der Waals surface area contributed by atoms with Crippen molar-refractivity contribution in [3.63, 3.8) is 0 Å². The van der Waals surface area contributed by atoms with E-state index in [1.54, 1.807) is 7.11 Å². The largest absolute Gasteiger partial charge is 0.396 e. The maximum Gasteiger partial charge on any atom is 0.0616 e. The maximum atomic E-state index is 8.59. The van der Waals surface area contributed by atoms with Crippen LogP contribution in [0.1, 0.15) is 13.3 Å². The Morgan fingerprint density at radius 2 is 2.30 bits per heavy atom. The van der Waals surface area contributed by atoms with E-state index in [4.69, 9.17) is 9.84 Å². The van der Waals surface area contributed by atoms with Crippen molar-refractivity contribution in [2.24, 2.45) is 0 Å². The Labute approximate surface area is 62.4 Å². The molecule has 0 radical (unpaired) electrons. The van der Waals surface area contributed by atoms with Gasteiger partial charge in [-0.1, -0.05) is 6.92 Å². The highest BCUT2D eigenvalue weighted by Gasteiger charge is 2.03. The number of nitrogens with one attached hydrogen (secondary N) is 1. The van der Waals surface area contributed by atoms with Gasteiger partial charge in [0.2, 0.25) is 0 Å². The average Bonchev–Trinajstić information content (AvgIpc) is 1.90. The van der Waals surface area contributed by atoms with Gasteiger partial charge < -0.3 is 15.2 Å². The second-order valence-electron chi connectivity index (χ2n) is 2.22. The number of ether oxygens (including phenoxy) is 1. The van der Waals surface area contributed by atoms with Crippen LogP contribution in [0.3, 0.4) is 0 Å². The molecular weight excluding hydrogens is 130 g/mol. The molecule has 0 aliphatic rings. The van der Waals surface area contributed by atoms with E-state index in [0.29, 0.717) is 12.6 Å². The van der Waals surface area contributed by atoms with Crippen LogP contribution in [0.2, 0.25) is 0 Å². The molecule has 2 N–H and O–H groups in total. The summed E-state index contributed by atoms with van der Waals surface area (Å²) >= 11 is 0. The molecule has 0 aliphatic heterocycles. The summed E-state index contributed by atoms with van der Waals surface area (Å²) in [5, 5.41) is 11.8. The first-order valence-corrected chi connectivity index (χ1v) is 3.68. The molecule has 0 amide bonds. The van der Waals surface area contributed by atoms with E-state index in [-0.39, 0.29) is 6.61 Å². The van der Waals surface area contributed by atoms with Crippen LogP contribution in [0.25, 0.3) is 0 Å². The van der Waals surface area contributed by atoms with Crippen molar-refractivity contribution in [1.82, 2.24) is 5.32 Å². The van der Waals surface area contributed by atoms with Crippen molar-refractivity contribution in [2.45, 2.75) is 19.4 Å². The average molecular weight is 147 g/mol. The molecule has 0 saturated heterocycles. The zero-order valence-electron chi connectivity index (χ0n) is 6.76. The summed E-state index contributed by atoms with van der Waals surface area (Å²) in [6.45, 7) is 3.86. The lowest BCUT2D eigenvalue weighted by molar-refractivity contribution is 0.149. The lowest BCUT2D eigenvalue weighted by Crippen LogP contribution is -2.33. The van der Waals surface area contributed by atoms with Gasteiger partial charge in [0.15, 0.2) is 0 Å². The zero-order valence-corrected chi connectivity index (χ0v) is 6.76. The molecule has 0 rings (SSSR count).